The molecule has 0 saturated heterocycles. The van der Waals surface area contributed by atoms with Crippen LogP contribution in [0.5, 0.6) is 5.75 Å². The summed E-state index contributed by atoms with van der Waals surface area (Å²) in [7, 11) is 1.50. The Morgan fingerprint density at radius 1 is 1.04 bits per heavy atom. The smallest absolute Gasteiger partial charge is 0.358 e. The zero-order chi connectivity index (χ0) is 19.1. The van der Waals surface area contributed by atoms with Gasteiger partial charge in [0.05, 0.1) is 20.3 Å². The maximum absolute atomic E-state index is 12.5. The highest BCUT2D eigenvalue weighted by atomic mass is 16.5. The number of methoxy groups -OCH3 is 1. The molecule has 0 bridgehead atoms. The fraction of sp³-hybridized carbons (Fsp3) is 0.333. The maximum Gasteiger partial charge on any atom is 0.358 e. The summed E-state index contributed by atoms with van der Waals surface area (Å²) in [6, 6.07) is 7.88. The predicted molar refractivity (Wildman–Crippen MR) is 91.5 cm³/mol. The van der Waals surface area contributed by atoms with Crippen LogP contribution in [0.25, 0.3) is 0 Å². The highest BCUT2D eigenvalue weighted by molar-refractivity contribution is 5.98. The highest BCUT2D eigenvalue weighted by Gasteiger charge is 2.22. The zero-order valence-electron chi connectivity index (χ0n) is 14.9. The Labute approximate surface area is 150 Å². The molecule has 26 heavy (non-hydrogen) atoms. The number of carbonyl (C=O) groups excluding carboxylic acids is 3. The first-order valence-electron chi connectivity index (χ1n) is 8.09. The average Bonchev–Trinajstić information content (AvgIpc) is 3.06. The third-order valence-electron chi connectivity index (χ3n) is 3.43. The molecule has 2 aromatic rings. The first-order valence-corrected chi connectivity index (χ1v) is 8.09. The van der Waals surface area contributed by atoms with Gasteiger partial charge in [0, 0.05) is 11.6 Å². The standard InChI is InChI=1S/C18H20N2O6/c1-4-25-17(22)14-10-15(18(23)26-5-2)20(19-14)11-16(21)12-7-6-8-13(9-12)24-3/h6-10H,4-5,11H2,1-3H3. The highest BCUT2D eigenvalue weighted by Crippen LogP contribution is 2.15. The molecule has 138 valence electrons. The number of aromatic nitrogens is 2. The third kappa shape index (κ3) is 4.47. The van der Waals surface area contributed by atoms with Crippen LogP contribution in [0.3, 0.4) is 0 Å². The summed E-state index contributed by atoms with van der Waals surface area (Å²) < 4.78 is 16.1. The molecule has 0 spiro atoms. The minimum absolute atomic E-state index is 0.00569. The van der Waals surface area contributed by atoms with E-state index in [1.807, 2.05) is 0 Å². The molecule has 0 atom stereocenters. The second-order valence-corrected chi connectivity index (χ2v) is 5.17. The molecule has 0 fully saturated rings. The molecule has 8 nitrogen and oxygen atoms in total. The topological polar surface area (TPSA) is 96.7 Å². The zero-order valence-corrected chi connectivity index (χ0v) is 14.9. The molecule has 0 aliphatic carbocycles. The van der Waals surface area contributed by atoms with Gasteiger partial charge >= 0.3 is 11.9 Å². The minimum atomic E-state index is -0.675. The molecule has 1 aromatic carbocycles. The molecule has 0 amide bonds. The van der Waals surface area contributed by atoms with Crippen molar-refractivity contribution in [3.63, 3.8) is 0 Å². The quantitative estimate of drug-likeness (QED) is 0.525. The number of rotatable bonds is 8. The SMILES string of the molecule is CCOC(=O)c1cc(C(=O)OCC)n(CC(=O)c2cccc(OC)c2)n1. The van der Waals surface area contributed by atoms with E-state index in [9.17, 15) is 14.4 Å². The first-order chi connectivity index (χ1) is 12.5. The second kappa shape index (κ2) is 8.80. The Hall–Kier alpha value is -3.16. The largest absolute Gasteiger partial charge is 0.497 e. The summed E-state index contributed by atoms with van der Waals surface area (Å²) in [4.78, 5) is 36.5. The summed E-state index contributed by atoms with van der Waals surface area (Å²) in [6.45, 7) is 3.41. The van der Waals surface area contributed by atoms with E-state index < -0.39 is 11.9 Å². The molecule has 0 aliphatic rings. The summed E-state index contributed by atoms with van der Waals surface area (Å²) in [6.07, 6.45) is 0. The fourth-order valence-corrected chi connectivity index (χ4v) is 2.24. The molecule has 0 radical (unpaired) electrons. The summed E-state index contributed by atoms with van der Waals surface area (Å²) >= 11 is 0. The molecular weight excluding hydrogens is 340 g/mol. The van der Waals surface area contributed by atoms with Crippen LogP contribution >= 0.6 is 0 Å². The van der Waals surface area contributed by atoms with Gasteiger partial charge in [0.25, 0.3) is 0 Å². The van der Waals surface area contributed by atoms with Gasteiger partial charge in [-0.25, -0.2) is 14.3 Å². The molecule has 8 heteroatoms. The van der Waals surface area contributed by atoms with Gasteiger partial charge in [-0.05, 0) is 26.0 Å². The van der Waals surface area contributed by atoms with Gasteiger partial charge in [-0.1, -0.05) is 12.1 Å². The van der Waals surface area contributed by atoms with Gasteiger partial charge in [-0.15, -0.1) is 0 Å². The van der Waals surface area contributed by atoms with Crippen molar-refractivity contribution < 1.29 is 28.6 Å². The molecule has 0 unspecified atom stereocenters. The van der Waals surface area contributed by atoms with Crippen LogP contribution in [0.1, 0.15) is 45.2 Å². The van der Waals surface area contributed by atoms with E-state index >= 15 is 0 Å². The Kier molecular flexibility index (Phi) is 6.48. The van der Waals surface area contributed by atoms with E-state index in [0.717, 1.165) is 4.68 Å². The van der Waals surface area contributed by atoms with Crippen molar-refractivity contribution in [1.82, 2.24) is 9.78 Å². The van der Waals surface area contributed by atoms with Gasteiger partial charge in [0.15, 0.2) is 11.5 Å². The van der Waals surface area contributed by atoms with E-state index in [0.29, 0.717) is 11.3 Å². The number of nitrogens with zero attached hydrogens (tertiary/aromatic N) is 2. The van der Waals surface area contributed by atoms with Crippen LogP contribution in [0.4, 0.5) is 0 Å². The molecule has 1 aromatic heterocycles. The molecular formula is C18H20N2O6. The van der Waals surface area contributed by atoms with Crippen molar-refractivity contribution >= 4 is 17.7 Å². The van der Waals surface area contributed by atoms with Crippen molar-refractivity contribution in [1.29, 1.82) is 0 Å². The molecule has 1 heterocycles. The number of ether oxygens (including phenoxy) is 3. The van der Waals surface area contributed by atoms with Crippen LogP contribution in [-0.2, 0) is 16.0 Å². The number of ketones is 1. The van der Waals surface area contributed by atoms with Crippen LogP contribution in [0.2, 0.25) is 0 Å². The maximum atomic E-state index is 12.5. The Balaban J connectivity index is 2.31. The number of hydrogen-bond donors (Lipinski definition) is 0. The monoisotopic (exact) mass is 360 g/mol. The van der Waals surface area contributed by atoms with E-state index in [1.165, 1.54) is 13.2 Å². The lowest BCUT2D eigenvalue weighted by Gasteiger charge is -2.07. The van der Waals surface area contributed by atoms with Crippen molar-refractivity contribution in [2.45, 2.75) is 20.4 Å². The van der Waals surface area contributed by atoms with E-state index in [4.69, 9.17) is 14.2 Å². The Morgan fingerprint density at radius 2 is 1.73 bits per heavy atom. The summed E-state index contributed by atoms with van der Waals surface area (Å²) in [5, 5.41) is 4.03. The molecule has 0 N–H and O–H groups in total. The molecule has 0 saturated carbocycles. The normalized spacial score (nSPS) is 10.3. The van der Waals surface area contributed by atoms with E-state index in [1.54, 1.807) is 38.1 Å². The van der Waals surface area contributed by atoms with Crippen molar-refractivity contribution in [2.75, 3.05) is 20.3 Å². The van der Waals surface area contributed by atoms with Crippen LogP contribution in [0.15, 0.2) is 30.3 Å². The lowest BCUT2D eigenvalue weighted by atomic mass is 10.1. The summed E-state index contributed by atoms with van der Waals surface area (Å²) in [5.41, 5.74) is 0.340. The Bertz CT molecular complexity index is 812. The number of benzene rings is 1. The van der Waals surface area contributed by atoms with Crippen molar-refractivity contribution in [2.24, 2.45) is 0 Å². The van der Waals surface area contributed by atoms with E-state index in [2.05, 4.69) is 5.10 Å². The van der Waals surface area contributed by atoms with Crippen LogP contribution in [0, 0.1) is 0 Å². The van der Waals surface area contributed by atoms with Crippen LogP contribution < -0.4 is 4.74 Å². The van der Waals surface area contributed by atoms with Gasteiger partial charge in [0.1, 0.15) is 18.0 Å². The van der Waals surface area contributed by atoms with Gasteiger partial charge < -0.3 is 14.2 Å². The number of Topliss-reactive ketones (excluding diaryl/α,β-unsaturated/α-hetero) is 1. The van der Waals surface area contributed by atoms with Crippen molar-refractivity contribution in [3.8, 4) is 5.75 Å². The molecule has 2 rings (SSSR count). The lowest BCUT2D eigenvalue weighted by molar-refractivity contribution is 0.0505. The average molecular weight is 360 g/mol. The second-order valence-electron chi connectivity index (χ2n) is 5.17. The molecule has 0 aliphatic heterocycles. The Morgan fingerprint density at radius 3 is 2.38 bits per heavy atom. The van der Waals surface area contributed by atoms with Gasteiger partial charge in [-0.2, -0.15) is 5.10 Å². The summed E-state index contributed by atoms with van der Waals surface area (Å²) in [5.74, 6) is -1.11. The number of hydrogen-bond acceptors (Lipinski definition) is 7. The third-order valence-corrected chi connectivity index (χ3v) is 3.43. The van der Waals surface area contributed by atoms with E-state index in [-0.39, 0.29) is 36.9 Å². The van der Waals surface area contributed by atoms with Crippen molar-refractivity contribution in [3.05, 3.63) is 47.3 Å². The fourth-order valence-electron chi connectivity index (χ4n) is 2.24. The van der Waals surface area contributed by atoms with Gasteiger partial charge in [0.2, 0.25) is 0 Å². The predicted octanol–water partition coefficient (Wildman–Crippen LogP) is 2.13. The lowest BCUT2D eigenvalue weighted by Crippen LogP contribution is -2.18. The van der Waals surface area contributed by atoms with Crippen LogP contribution in [-0.4, -0.2) is 47.8 Å². The first kappa shape index (κ1) is 19.2. The number of carbonyl (C=O) groups is 3. The number of esters is 2. The minimum Gasteiger partial charge on any atom is -0.497 e. The van der Waals surface area contributed by atoms with Gasteiger partial charge in [-0.3, -0.25) is 4.79 Å².